The van der Waals surface area contributed by atoms with E-state index < -0.39 is 0 Å². The number of amides is 1. The molecule has 2 aromatic heterocycles. The molecular formula is C20H21N5O2. The van der Waals surface area contributed by atoms with E-state index >= 15 is 0 Å². The number of imidazole rings is 1. The number of aryl methyl sites for hydroxylation is 1. The number of hydrogen-bond acceptors (Lipinski definition) is 5. The van der Waals surface area contributed by atoms with Gasteiger partial charge in [-0.1, -0.05) is 12.8 Å². The molecule has 0 spiro atoms. The van der Waals surface area contributed by atoms with Crippen molar-refractivity contribution in [1.82, 2.24) is 19.7 Å². The number of nitrogens with one attached hydrogen (secondary N) is 1. The molecular weight excluding hydrogens is 342 g/mol. The third kappa shape index (κ3) is 3.97. The zero-order chi connectivity index (χ0) is 18.6. The first-order valence-electron chi connectivity index (χ1n) is 9.12. The lowest BCUT2D eigenvalue weighted by molar-refractivity contribution is -0.119. The highest BCUT2D eigenvalue weighted by Gasteiger charge is 2.22. The van der Waals surface area contributed by atoms with Gasteiger partial charge in [0.1, 0.15) is 11.6 Å². The molecule has 138 valence electrons. The molecule has 0 atom stereocenters. The third-order valence-corrected chi connectivity index (χ3v) is 4.77. The van der Waals surface area contributed by atoms with E-state index in [0.717, 1.165) is 37.2 Å². The molecule has 1 fully saturated rings. The van der Waals surface area contributed by atoms with E-state index in [1.165, 1.54) is 0 Å². The summed E-state index contributed by atoms with van der Waals surface area (Å²) >= 11 is 0. The molecule has 1 N–H and O–H groups in total. The van der Waals surface area contributed by atoms with Gasteiger partial charge in [-0.15, -0.1) is 10.2 Å². The van der Waals surface area contributed by atoms with Gasteiger partial charge in [-0.25, -0.2) is 4.98 Å². The van der Waals surface area contributed by atoms with E-state index in [1.54, 1.807) is 24.4 Å². The molecule has 1 aromatic carbocycles. The smallest absolute Gasteiger partial charge is 0.238 e. The molecule has 1 aliphatic rings. The Hall–Kier alpha value is -3.22. The summed E-state index contributed by atoms with van der Waals surface area (Å²) in [5.74, 6) is 2.82. The quantitative estimate of drug-likeness (QED) is 0.744. The van der Waals surface area contributed by atoms with Crippen LogP contribution in [0.15, 0.2) is 48.8 Å². The second kappa shape index (κ2) is 7.57. The lowest BCUT2D eigenvalue weighted by Crippen LogP contribution is -2.20. The topological polar surface area (TPSA) is 81.9 Å². The van der Waals surface area contributed by atoms with Gasteiger partial charge in [-0.3, -0.25) is 9.36 Å². The minimum Gasteiger partial charge on any atom is -0.438 e. The number of ether oxygens (including phenoxy) is 1. The van der Waals surface area contributed by atoms with Crippen molar-refractivity contribution in [2.75, 3.05) is 5.32 Å². The summed E-state index contributed by atoms with van der Waals surface area (Å²) in [6.45, 7) is 1.90. The van der Waals surface area contributed by atoms with Crippen LogP contribution in [0.4, 0.5) is 5.69 Å². The van der Waals surface area contributed by atoms with Gasteiger partial charge in [0, 0.05) is 30.1 Å². The van der Waals surface area contributed by atoms with Gasteiger partial charge in [-0.2, -0.15) is 0 Å². The van der Waals surface area contributed by atoms with Crippen molar-refractivity contribution >= 4 is 11.6 Å². The van der Waals surface area contributed by atoms with Crippen LogP contribution in [0.2, 0.25) is 0 Å². The summed E-state index contributed by atoms with van der Waals surface area (Å²) in [6.07, 6.45) is 7.81. The number of nitrogens with zero attached hydrogens (tertiary/aromatic N) is 4. The molecule has 4 rings (SSSR count). The highest BCUT2D eigenvalue weighted by molar-refractivity contribution is 5.92. The normalized spacial score (nSPS) is 14.3. The number of anilines is 1. The molecule has 1 aliphatic carbocycles. The molecule has 1 amide bonds. The van der Waals surface area contributed by atoms with Crippen molar-refractivity contribution in [1.29, 1.82) is 0 Å². The average Bonchev–Trinajstić information content (AvgIpc) is 3.36. The van der Waals surface area contributed by atoms with Crippen molar-refractivity contribution in [2.24, 2.45) is 5.92 Å². The molecule has 2 heterocycles. The molecule has 0 unspecified atom stereocenters. The Morgan fingerprint density at radius 2 is 1.89 bits per heavy atom. The fraction of sp³-hybridized carbons (Fsp3) is 0.300. The first kappa shape index (κ1) is 17.2. The molecule has 1 saturated carbocycles. The van der Waals surface area contributed by atoms with Crippen molar-refractivity contribution in [2.45, 2.75) is 32.6 Å². The fourth-order valence-corrected chi connectivity index (χ4v) is 3.28. The zero-order valence-corrected chi connectivity index (χ0v) is 15.1. The van der Waals surface area contributed by atoms with E-state index in [0.29, 0.717) is 17.4 Å². The summed E-state index contributed by atoms with van der Waals surface area (Å²) in [5, 5.41) is 11.2. The maximum atomic E-state index is 12.2. The van der Waals surface area contributed by atoms with Crippen LogP contribution in [0.3, 0.4) is 0 Å². The molecule has 3 aromatic rings. The number of carbonyl (C=O) groups is 1. The molecule has 0 bridgehead atoms. The van der Waals surface area contributed by atoms with Gasteiger partial charge >= 0.3 is 0 Å². The van der Waals surface area contributed by atoms with Crippen LogP contribution in [0.25, 0.3) is 5.82 Å². The third-order valence-electron chi connectivity index (χ3n) is 4.77. The summed E-state index contributed by atoms with van der Waals surface area (Å²) in [5.41, 5.74) is 0.774. The van der Waals surface area contributed by atoms with Gasteiger partial charge in [0.2, 0.25) is 11.8 Å². The van der Waals surface area contributed by atoms with E-state index in [9.17, 15) is 4.79 Å². The molecule has 0 saturated heterocycles. The summed E-state index contributed by atoms with van der Waals surface area (Å²) in [6, 6.07) is 10.9. The predicted octanol–water partition coefficient (Wildman–Crippen LogP) is 3.89. The standard InChI is InChI=1S/C20H21N5O2/c1-14-21-12-13-25(14)18-10-11-19(24-23-18)27-17-8-6-16(7-9-17)22-20(26)15-4-2-3-5-15/h6-13,15H,2-5H2,1H3,(H,22,26). The van der Waals surface area contributed by atoms with Crippen LogP contribution in [-0.2, 0) is 4.79 Å². The Labute approximate surface area is 157 Å². The van der Waals surface area contributed by atoms with E-state index in [4.69, 9.17) is 4.74 Å². The summed E-state index contributed by atoms with van der Waals surface area (Å²) in [4.78, 5) is 16.3. The highest BCUT2D eigenvalue weighted by Crippen LogP contribution is 2.27. The molecule has 0 aliphatic heterocycles. The van der Waals surface area contributed by atoms with Crippen LogP contribution < -0.4 is 10.1 Å². The number of benzene rings is 1. The highest BCUT2D eigenvalue weighted by atomic mass is 16.5. The van der Waals surface area contributed by atoms with Gasteiger partial charge in [0.05, 0.1) is 0 Å². The maximum Gasteiger partial charge on any atom is 0.238 e. The summed E-state index contributed by atoms with van der Waals surface area (Å²) < 4.78 is 7.58. The van der Waals surface area contributed by atoms with Crippen molar-refractivity contribution in [3.05, 3.63) is 54.6 Å². The first-order chi connectivity index (χ1) is 13.2. The lowest BCUT2D eigenvalue weighted by Gasteiger charge is -2.11. The van der Waals surface area contributed by atoms with Gasteiger partial charge < -0.3 is 10.1 Å². The minimum absolute atomic E-state index is 0.109. The second-order valence-corrected chi connectivity index (χ2v) is 6.67. The fourth-order valence-electron chi connectivity index (χ4n) is 3.28. The first-order valence-corrected chi connectivity index (χ1v) is 9.12. The number of rotatable bonds is 5. The summed E-state index contributed by atoms with van der Waals surface area (Å²) in [7, 11) is 0. The van der Waals surface area contributed by atoms with E-state index in [2.05, 4.69) is 20.5 Å². The van der Waals surface area contributed by atoms with Crippen molar-refractivity contribution in [3.8, 4) is 17.4 Å². The molecule has 7 heteroatoms. The van der Waals surface area contributed by atoms with Crippen LogP contribution in [0, 0.1) is 12.8 Å². The van der Waals surface area contributed by atoms with Gasteiger partial charge in [-0.05, 0) is 50.1 Å². The molecule has 7 nitrogen and oxygen atoms in total. The molecule has 27 heavy (non-hydrogen) atoms. The predicted molar refractivity (Wildman–Crippen MR) is 101 cm³/mol. The largest absolute Gasteiger partial charge is 0.438 e. The monoisotopic (exact) mass is 363 g/mol. The number of hydrogen-bond donors (Lipinski definition) is 1. The van der Waals surface area contributed by atoms with Gasteiger partial charge in [0.15, 0.2) is 5.82 Å². The van der Waals surface area contributed by atoms with Crippen LogP contribution >= 0.6 is 0 Å². The maximum absolute atomic E-state index is 12.2. The second-order valence-electron chi connectivity index (χ2n) is 6.67. The van der Waals surface area contributed by atoms with E-state index in [-0.39, 0.29) is 11.8 Å². The average molecular weight is 363 g/mol. The van der Waals surface area contributed by atoms with Crippen LogP contribution in [0.1, 0.15) is 31.5 Å². The lowest BCUT2D eigenvalue weighted by atomic mass is 10.1. The minimum atomic E-state index is 0.109. The number of carbonyl (C=O) groups excluding carboxylic acids is 1. The Morgan fingerprint density at radius 3 is 2.52 bits per heavy atom. The van der Waals surface area contributed by atoms with Crippen LogP contribution in [-0.4, -0.2) is 25.7 Å². The Bertz CT molecular complexity index is 912. The Morgan fingerprint density at radius 1 is 1.11 bits per heavy atom. The number of aromatic nitrogens is 4. The molecule has 0 radical (unpaired) electrons. The zero-order valence-electron chi connectivity index (χ0n) is 15.1. The van der Waals surface area contributed by atoms with E-state index in [1.807, 2.05) is 35.9 Å². The van der Waals surface area contributed by atoms with Crippen LogP contribution in [0.5, 0.6) is 11.6 Å². The Kier molecular flexibility index (Phi) is 4.82. The Balaban J connectivity index is 1.38. The van der Waals surface area contributed by atoms with Gasteiger partial charge in [0.25, 0.3) is 0 Å². The SMILES string of the molecule is Cc1nccn1-c1ccc(Oc2ccc(NC(=O)C3CCCC3)cc2)nn1. The van der Waals surface area contributed by atoms with Crippen molar-refractivity contribution < 1.29 is 9.53 Å². The van der Waals surface area contributed by atoms with Crippen molar-refractivity contribution in [3.63, 3.8) is 0 Å².